The SMILES string of the molecule is CCC(C)C1CN(CCSC(F)(F)F)C(C)(CC)CN1. The predicted molar refractivity (Wildman–Crippen MR) is 80.0 cm³/mol. The lowest BCUT2D eigenvalue weighted by Crippen LogP contribution is -2.64. The molecule has 0 aliphatic carbocycles. The van der Waals surface area contributed by atoms with E-state index in [4.69, 9.17) is 0 Å². The number of hydrogen-bond donors (Lipinski definition) is 1. The van der Waals surface area contributed by atoms with Crippen LogP contribution in [0.5, 0.6) is 0 Å². The second kappa shape index (κ2) is 7.36. The molecule has 20 heavy (non-hydrogen) atoms. The standard InChI is InChI=1S/C14H27F3N2S/c1-5-11(3)12-9-19(7-8-20-14(15,16)17)13(4,6-2)10-18-12/h11-12,18H,5-10H2,1-4H3. The summed E-state index contributed by atoms with van der Waals surface area (Å²) < 4.78 is 36.8. The van der Waals surface area contributed by atoms with Gasteiger partial charge in [-0.3, -0.25) is 4.90 Å². The van der Waals surface area contributed by atoms with E-state index < -0.39 is 5.51 Å². The summed E-state index contributed by atoms with van der Waals surface area (Å²) in [6, 6.07) is 0.385. The Hall–Kier alpha value is 0.0600. The van der Waals surface area contributed by atoms with Crippen molar-refractivity contribution in [2.45, 2.75) is 57.6 Å². The number of hydrogen-bond acceptors (Lipinski definition) is 3. The van der Waals surface area contributed by atoms with Crippen molar-refractivity contribution in [2.24, 2.45) is 5.92 Å². The Balaban J connectivity index is 2.60. The summed E-state index contributed by atoms with van der Waals surface area (Å²) in [5, 5.41) is 3.58. The average Bonchev–Trinajstić information content (AvgIpc) is 2.38. The molecule has 3 atom stereocenters. The molecule has 1 aliphatic rings. The first-order valence-corrected chi connectivity index (χ1v) is 8.39. The first-order chi connectivity index (χ1) is 9.22. The van der Waals surface area contributed by atoms with Crippen LogP contribution in [0.15, 0.2) is 0 Å². The third kappa shape index (κ3) is 5.11. The summed E-state index contributed by atoms with van der Waals surface area (Å²) in [5.74, 6) is 0.668. The van der Waals surface area contributed by atoms with E-state index in [0.29, 0.717) is 18.5 Å². The van der Waals surface area contributed by atoms with Crippen LogP contribution in [0.4, 0.5) is 13.2 Å². The molecule has 0 amide bonds. The normalized spacial score (nSPS) is 30.4. The zero-order valence-electron chi connectivity index (χ0n) is 12.9. The highest BCUT2D eigenvalue weighted by Crippen LogP contribution is 2.31. The van der Waals surface area contributed by atoms with Gasteiger partial charge in [-0.15, -0.1) is 0 Å². The summed E-state index contributed by atoms with van der Waals surface area (Å²) in [7, 11) is 0. The maximum absolute atomic E-state index is 12.3. The molecule has 1 rings (SSSR count). The minimum atomic E-state index is -4.12. The zero-order chi connectivity index (χ0) is 15.4. The fourth-order valence-corrected chi connectivity index (χ4v) is 3.18. The van der Waals surface area contributed by atoms with Crippen LogP contribution in [-0.4, -0.2) is 47.4 Å². The highest BCUT2D eigenvalue weighted by molar-refractivity contribution is 8.00. The van der Waals surface area contributed by atoms with Crippen LogP contribution in [0.3, 0.4) is 0 Å². The minimum absolute atomic E-state index is 0.0316. The summed E-state index contributed by atoms with van der Waals surface area (Å²) in [6.45, 7) is 10.8. The van der Waals surface area contributed by atoms with Crippen LogP contribution in [-0.2, 0) is 0 Å². The summed E-state index contributed by atoms with van der Waals surface area (Å²) in [4.78, 5) is 2.25. The van der Waals surface area contributed by atoms with E-state index in [-0.39, 0.29) is 23.1 Å². The van der Waals surface area contributed by atoms with Gasteiger partial charge in [0.2, 0.25) is 0 Å². The molecule has 0 radical (unpaired) electrons. The smallest absolute Gasteiger partial charge is 0.311 e. The van der Waals surface area contributed by atoms with Gasteiger partial charge in [0, 0.05) is 37.0 Å². The first kappa shape index (κ1) is 18.1. The lowest BCUT2D eigenvalue weighted by Gasteiger charge is -2.49. The largest absolute Gasteiger partial charge is 0.441 e. The maximum Gasteiger partial charge on any atom is 0.441 e. The van der Waals surface area contributed by atoms with Gasteiger partial charge in [0.05, 0.1) is 0 Å². The third-order valence-corrected chi connectivity index (χ3v) is 5.36. The van der Waals surface area contributed by atoms with Gasteiger partial charge in [-0.2, -0.15) is 13.2 Å². The number of thioether (sulfide) groups is 1. The van der Waals surface area contributed by atoms with E-state index in [0.717, 1.165) is 25.9 Å². The van der Waals surface area contributed by atoms with Crippen molar-refractivity contribution in [3.05, 3.63) is 0 Å². The summed E-state index contributed by atoms with van der Waals surface area (Å²) in [6.07, 6.45) is 2.04. The first-order valence-electron chi connectivity index (χ1n) is 7.41. The number of halogens is 3. The van der Waals surface area contributed by atoms with Gasteiger partial charge in [-0.25, -0.2) is 0 Å². The predicted octanol–water partition coefficient (Wildman–Crippen LogP) is 3.73. The number of rotatable bonds is 6. The molecule has 1 fully saturated rings. The highest BCUT2D eigenvalue weighted by Gasteiger charge is 2.38. The highest BCUT2D eigenvalue weighted by atomic mass is 32.2. The van der Waals surface area contributed by atoms with Crippen molar-refractivity contribution in [3.63, 3.8) is 0 Å². The van der Waals surface area contributed by atoms with E-state index in [1.54, 1.807) is 0 Å². The van der Waals surface area contributed by atoms with Crippen molar-refractivity contribution < 1.29 is 13.2 Å². The van der Waals surface area contributed by atoms with Crippen LogP contribution < -0.4 is 5.32 Å². The molecule has 0 aromatic heterocycles. The van der Waals surface area contributed by atoms with Crippen LogP contribution >= 0.6 is 11.8 Å². The Kier molecular flexibility index (Phi) is 6.67. The number of piperazine rings is 1. The fraction of sp³-hybridized carbons (Fsp3) is 1.00. The zero-order valence-corrected chi connectivity index (χ0v) is 13.7. The van der Waals surface area contributed by atoms with Crippen molar-refractivity contribution in [1.82, 2.24) is 10.2 Å². The van der Waals surface area contributed by atoms with Gasteiger partial charge in [-0.1, -0.05) is 27.2 Å². The van der Waals surface area contributed by atoms with Crippen LogP contribution in [0, 0.1) is 5.92 Å². The molecule has 0 saturated carbocycles. The van der Waals surface area contributed by atoms with Crippen LogP contribution in [0.25, 0.3) is 0 Å². The number of alkyl halides is 3. The van der Waals surface area contributed by atoms with Crippen LogP contribution in [0.1, 0.15) is 40.5 Å². The van der Waals surface area contributed by atoms with Crippen LogP contribution in [0.2, 0.25) is 0 Å². The molecule has 1 saturated heterocycles. The molecule has 0 bridgehead atoms. The van der Waals surface area contributed by atoms with Gasteiger partial charge in [0.1, 0.15) is 0 Å². The Labute approximate surface area is 124 Å². The molecule has 6 heteroatoms. The maximum atomic E-state index is 12.3. The van der Waals surface area contributed by atoms with Crippen molar-refractivity contribution >= 4 is 11.8 Å². The molecular formula is C14H27F3N2S. The van der Waals surface area contributed by atoms with E-state index in [2.05, 4.69) is 37.9 Å². The lowest BCUT2D eigenvalue weighted by atomic mass is 9.88. The molecule has 2 nitrogen and oxygen atoms in total. The third-order valence-electron chi connectivity index (χ3n) is 4.65. The Morgan fingerprint density at radius 1 is 1.40 bits per heavy atom. The van der Waals surface area contributed by atoms with E-state index in [9.17, 15) is 13.2 Å². The number of nitrogens with one attached hydrogen (secondary N) is 1. The molecule has 0 aromatic carbocycles. The second-order valence-corrected chi connectivity index (χ2v) is 7.12. The van der Waals surface area contributed by atoms with Gasteiger partial charge in [0.15, 0.2) is 0 Å². The summed E-state index contributed by atoms with van der Waals surface area (Å²) >= 11 is 0.0918. The van der Waals surface area contributed by atoms with E-state index >= 15 is 0 Å². The molecule has 1 heterocycles. The molecule has 1 aliphatic heterocycles. The van der Waals surface area contributed by atoms with Gasteiger partial charge < -0.3 is 5.32 Å². The number of nitrogens with zero attached hydrogens (tertiary/aromatic N) is 1. The quantitative estimate of drug-likeness (QED) is 0.804. The Morgan fingerprint density at radius 3 is 2.55 bits per heavy atom. The van der Waals surface area contributed by atoms with Crippen molar-refractivity contribution in [3.8, 4) is 0 Å². The van der Waals surface area contributed by atoms with Crippen molar-refractivity contribution in [1.29, 1.82) is 0 Å². The second-order valence-electron chi connectivity index (χ2n) is 5.96. The molecule has 3 unspecified atom stereocenters. The Bertz CT molecular complexity index is 299. The van der Waals surface area contributed by atoms with Gasteiger partial charge in [-0.05, 0) is 31.0 Å². The minimum Gasteiger partial charge on any atom is -0.311 e. The molecule has 0 aromatic rings. The lowest BCUT2D eigenvalue weighted by molar-refractivity contribution is -0.0332. The average molecular weight is 312 g/mol. The van der Waals surface area contributed by atoms with Crippen molar-refractivity contribution in [2.75, 3.05) is 25.4 Å². The molecule has 1 N–H and O–H groups in total. The van der Waals surface area contributed by atoms with Gasteiger partial charge >= 0.3 is 5.51 Å². The van der Waals surface area contributed by atoms with E-state index in [1.165, 1.54) is 0 Å². The molecule has 120 valence electrons. The van der Waals surface area contributed by atoms with E-state index in [1.807, 2.05) is 0 Å². The topological polar surface area (TPSA) is 15.3 Å². The monoisotopic (exact) mass is 312 g/mol. The molecule has 0 spiro atoms. The molecular weight excluding hydrogens is 285 g/mol. The van der Waals surface area contributed by atoms with Gasteiger partial charge in [0.25, 0.3) is 0 Å². The Morgan fingerprint density at radius 2 is 2.05 bits per heavy atom. The fourth-order valence-electron chi connectivity index (χ4n) is 2.63. The summed E-state index contributed by atoms with van der Waals surface area (Å²) in [5.41, 5.74) is -4.15.